The molecule has 0 fully saturated rings. The zero-order valence-corrected chi connectivity index (χ0v) is 11.0. The summed E-state index contributed by atoms with van der Waals surface area (Å²) < 4.78 is 1.65. The molecular weight excluding hydrogens is 234 g/mol. The number of hydrogen-bond acceptors (Lipinski definition) is 3. The minimum Gasteiger partial charge on any atom is -0.480 e. The second kappa shape index (κ2) is 5.66. The van der Waals surface area contributed by atoms with E-state index in [9.17, 15) is 9.59 Å². The van der Waals surface area contributed by atoms with Crippen LogP contribution in [0.1, 0.15) is 27.2 Å². The lowest BCUT2D eigenvalue weighted by Crippen LogP contribution is -2.48. The number of amides is 1. The van der Waals surface area contributed by atoms with Crippen molar-refractivity contribution in [3.8, 4) is 0 Å². The number of carbonyl (C=O) groups is 2. The first kappa shape index (κ1) is 14.2. The number of aryl methyl sites for hydroxylation is 1. The first-order valence-electron chi connectivity index (χ1n) is 5.80. The van der Waals surface area contributed by atoms with E-state index in [2.05, 4.69) is 5.10 Å². The van der Waals surface area contributed by atoms with Crippen molar-refractivity contribution in [2.24, 2.45) is 0 Å². The number of carboxylic acids is 1. The highest BCUT2D eigenvalue weighted by Crippen LogP contribution is 2.14. The summed E-state index contributed by atoms with van der Waals surface area (Å²) in [6, 6.07) is 1.78. The SMILES string of the molecule is CC(C)(C)N(CC(=O)O)C(=O)CCn1cccn1. The van der Waals surface area contributed by atoms with E-state index in [4.69, 9.17) is 5.11 Å². The predicted octanol–water partition coefficient (Wildman–Crippen LogP) is 0.985. The van der Waals surface area contributed by atoms with Crippen molar-refractivity contribution in [2.45, 2.75) is 39.3 Å². The highest BCUT2D eigenvalue weighted by molar-refractivity contribution is 5.81. The molecule has 0 aliphatic carbocycles. The van der Waals surface area contributed by atoms with Crippen molar-refractivity contribution < 1.29 is 14.7 Å². The summed E-state index contributed by atoms with van der Waals surface area (Å²) in [6.45, 7) is 5.64. The van der Waals surface area contributed by atoms with Gasteiger partial charge >= 0.3 is 5.97 Å². The van der Waals surface area contributed by atoms with Crippen molar-refractivity contribution in [3.05, 3.63) is 18.5 Å². The van der Waals surface area contributed by atoms with Gasteiger partial charge in [-0.2, -0.15) is 5.10 Å². The van der Waals surface area contributed by atoms with E-state index >= 15 is 0 Å². The van der Waals surface area contributed by atoms with Gasteiger partial charge in [0.15, 0.2) is 0 Å². The average Bonchev–Trinajstić information content (AvgIpc) is 2.73. The second-order valence-corrected chi connectivity index (χ2v) is 5.06. The van der Waals surface area contributed by atoms with Crippen LogP contribution in [0.25, 0.3) is 0 Å². The standard InChI is InChI=1S/C12H19N3O3/c1-12(2,3)15(9-11(17)18)10(16)5-8-14-7-4-6-13-14/h4,6-7H,5,8-9H2,1-3H3,(H,17,18). The minimum atomic E-state index is -1.00. The molecule has 1 amide bonds. The van der Waals surface area contributed by atoms with Crippen LogP contribution in [0.3, 0.4) is 0 Å². The molecule has 1 N–H and O–H groups in total. The third-order valence-corrected chi connectivity index (χ3v) is 2.52. The molecule has 0 unspecified atom stereocenters. The Labute approximate surface area is 106 Å². The molecule has 1 rings (SSSR count). The normalized spacial score (nSPS) is 11.3. The third kappa shape index (κ3) is 4.20. The summed E-state index contributed by atoms with van der Waals surface area (Å²) in [5, 5.41) is 12.8. The molecule has 18 heavy (non-hydrogen) atoms. The van der Waals surface area contributed by atoms with E-state index in [1.807, 2.05) is 20.8 Å². The molecule has 1 heterocycles. The Balaban J connectivity index is 2.62. The van der Waals surface area contributed by atoms with Crippen LogP contribution in [0.15, 0.2) is 18.5 Å². The van der Waals surface area contributed by atoms with Gasteiger partial charge in [-0.1, -0.05) is 0 Å². The number of aromatic nitrogens is 2. The molecule has 0 aliphatic rings. The van der Waals surface area contributed by atoms with Gasteiger partial charge in [-0.3, -0.25) is 14.3 Å². The number of aliphatic carboxylic acids is 1. The molecular formula is C12H19N3O3. The Morgan fingerprint density at radius 3 is 2.50 bits per heavy atom. The average molecular weight is 253 g/mol. The Morgan fingerprint density at radius 1 is 1.39 bits per heavy atom. The van der Waals surface area contributed by atoms with Crippen LogP contribution in [0, 0.1) is 0 Å². The highest BCUT2D eigenvalue weighted by Gasteiger charge is 2.27. The molecule has 6 nitrogen and oxygen atoms in total. The highest BCUT2D eigenvalue weighted by atomic mass is 16.4. The van der Waals surface area contributed by atoms with Crippen LogP contribution >= 0.6 is 0 Å². The molecule has 0 saturated carbocycles. The molecule has 0 aromatic carbocycles. The second-order valence-electron chi connectivity index (χ2n) is 5.06. The number of carbonyl (C=O) groups excluding carboxylic acids is 1. The van der Waals surface area contributed by atoms with Crippen molar-refractivity contribution >= 4 is 11.9 Å². The van der Waals surface area contributed by atoms with Gasteiger partial charge in [-0.25, -0.2) is 0 Å². The fourth-order valence-electron chi connectivity index (χ4n) is 1.61. The van der Waals surface area contributed by atoms with Crippen LogP contribution in [-0.2, 0) is 16.1 Å². The molecule has 0 aliphatic heterocycles. The Morgan fingerprint density at radius 2 is 2.06 bits per heavy atom. The minimum absolute atomic E-state index is 0.180. The molecule has 0 spiro atoms. The molecule has 0 saturated heterocycles. The van der Waals surface area contributed by atoms with E-state index in [0.29, 0.717) is 6.54 Å². The predicted molar refractivity (Wildman–Crippen MR) is 65.9 cm³/mol. The molecule has 0 bridgehead atoms. The van der Waals surface area contributed by atoms with E-state index in [1.54, 1.807) is 23.1 Å². The number of nitrogens with zero attached hydrogens (tertiary/aromatic N) is 3. The van der Waals surface area contributed by atoms with Gasteiger partial charge in [0.2, 0.25) is 5.91 Å². The molecule has 1 aromatic rings. The van der Waals surface area contributed by atoms with Gasteiger partial charge in [0.05, 0.1) is 0 Å². The Hall–Kier alpha value is -1.85. The maximum absolute atomic E-state index is 12.0. The van der Waals surface area contributed by atoms with Gasteiger partial charge < -0.3 is 10.0 Å². The third-order valence-electron chi connectivity index (χ3n) is 2.52. The summed E-state index contributed by atoms with van der Waals surface area (Å²) >= 11 is 0. The van der Waals surface area contributed by atoms with Crippen molar-refractivity contribution in [3.63, 3.8) is 0 Å². The van der Waals surface area contributed by atoms with Gasteiger partial charge in [0.25, 0.3) is 0 Å². The Kier molecular flexibility index (Phi) is 4.47. The van der Waals surface area contributed by atoms with Crippen LogP contribution in [0.2, 0.25) is 0 Å². The van der Waals surface area contributed by atoms with Crippen LogP contribution in [-0.4, -0.2) is 43.7 Å². The van der Waals surface area contributed by atoms with Crippen molar-refractivity contribution in [2.75, 3.05) is 6.54 Å². The van der Waals surface area contributed by atoms with Crippen molar-refractivity contribution in [1.29, 1.82) is 0 Å². The van der Waals surface area contributed by atoms with E-state index < -0.39 is 11.5 Å². The fourth-order valence-corrected chi connectivity index (χ4v) is 1.61. The monoisotopic (exact) mass is 253 g/mol. The summed E-state index contributed by atoms with van der Waals surface area (Å²) in [5.74, 6) is -1.18. The number of hydrogen-bond donors (Lipinski definition) is 1. The fraction of sp³-hybridized carbons (Fsp3) is 0.583. The Bertz CT molecular complexity index is 407. The number of carboxylic acid groups (broad SMARTS) is 1. The lowest BCUT2D eigenvalue weighted by molar-refractivity contribution is -0.148. The van der Waals surface area contributed by atoms with Gasteiger partial charge in [0, 0.05) is 30.9 Å². The zero-order valence-electron chi connectivity index (χ0n) is 11.0. The van der Waals surface area contributed by atoms with E-state index in [0.717, 1.165) is 0 Å². The maximum Gasteiger partial charge on any atom is 0.323 e. The van der Waals surface area contributed by atoms with E-state index in [1.165, 1.54) is 4.90 Å². The molecule has 0 radical (unpaired) electrons. The van der Waals surface area contributed by atoms with Crippen LogP contribution < -0.4 is 0 Å². The smallest absolute Gasteiger partial charge is 0.323 e. The number of rotatable bonds is 5. The summed E-state index contributed by atoms with van der Waals surface area (Å²) in [4.78, 5) is 24.2. The van der Waals surface area contributed by atoms with Gasteiger partial charge in [-0.15, -0.1) is 0 Å². The summed E-state index contributed by atoms with van der Waals surface area (Å²) in [7, 11) is 0. The first-order chi connectivity index (χ1) is 8.30. The summed E-state index contributed by atoms with van der Waals surface area (Å²) in [5.41, 5.74) is -0.500. The topological polar surface area (TPSA) is 75.4 Å². The van der Waals surface area contributed by atoms with Gasteiger partial charge in [0.1, 0.15) is 6.54 Å². The molecule has 0 atom stereocenters. The van der Waals surface area contributed by atoms with E-state index in [-0.39, 0.29) is 18.9 Å². The van der Waals surface area contributed by atoms with Crippen LogP contribution in [0.4, 0.5) is 0 Å². The summed E-state index contributed by atoms with van der Waals surface area (Å²) in [6.07, 6.45) is 3.65. The molecule has 1 aromatic heterocycles. The molecule has 100 valence electrons. The lowest BCUT2D eigenvalue weighted by atomic mass is 10.1. The quantitative estimate of drug-likeness (QED) is 0.849. The van der Waals surface area contributed by atoms with Crippen LogP contribution in [0.5, 0.6) is 0 Å². The van der Waals surface area contributed by atoms with Gasteiger partial charge in [-0.05, 0) is 26.8 Å². The maximum atomic E-state index is 12.0. The lowest BCUT2D eigenvalue weighted by Gasteiger charge is -2.34. The first-order valence-corrected chi connectivity index (χ1v) is 5.80. The van der Waals surface area contributed by atoms with Crippen molar-refractivity contribution in [1.82, 2.24) is 14.7 Å². The largest absolute Gasteiger partial charge is 0.480 e. The zero-order chi connectivity index (χ0) is 13.8. The molecule has 6 heteroatoms.